The molecule has 0 radical (unpaired) electrons. The van der Waals surface area contributed by atoms with Gasteiger partial charge in [0.25, 0.3) is 5.89 Å². The molecule has 3 aromatic rings. The highest BCUT2D eigenvalue weighted by Crippen LogP contribution is 2.28. The number of anilines is 1. The molecule has 0 atom stereocenters. The van der Waals surface area contributed by atoms with Crippen LogP contribution in [0.15, 0.2) is 40.9 Å². The Morgan fingerprint density at radius 3 is 2.62 bits per heavy atom. The molecule has 2 N–H and O–H groups in total. The van der Waals surface area contributed by atoms with Crippen molar-refractivity contribution in [2.75, 3.05) is 5.73 Å². The second-order valence-electron chi connectivity index (χ2n) is 4.64. The van der Waals surface area contributed by atoms with E-state index in [0.717, 1.165) is 17.7 Å². The number of rotatable bonds is 2. The van der Waals surface area contributed by atoms with Gasteiger partial charge in [-0.1, -0.05) is 16.8 Å². The lowest BCUT2D eigenvalue weighted by atomic mass is 10.1. The largest absolute Gasteiger partial charge is 0.398 e. The summed E-state index contributed by atoms with van der Waals surface area (Å²) in [4.78, 5) is 4.18. The smallest absolute Gasteiger partial charge is 0.260 e. The fourth-order valence-electron chi connectivity index (χ4n) is 1.94. The number of nitrogens with zero attached hydrogens (tertiary/aromatic N) is 2. The molecule has 21 heavy (non-hydrogen) atoms. The van der Waals surface area contributed by atoms with Gasteiger partial charge in [-0.3, -0.25) is 0 Å². The van der Waals surface area contributed by atoms with Gasteiger partial charge in [0.1, 0.15) is 0 Å². The predicted molar refractivity (Wildman–Crippen MR) is 74.2 cm³/mol. The van der Waals surface area contributed by atoms with Crippen LogP contribution in [0.2, 0.25) is 0 Å². The van der Waals surface area contributed by atoms with Gasteiger partial charge in [-0.2, -0.15) is 4.98 Å². The van der Waals surface area contributed by atoms with Gasteiger partial charge in [-0.05, 0) is 37.3 Å². The molecule has 0 saturated heterocycles. The first-order valence-electron chi connectivity index (χ1n) is 6.20. The topological polar surface area (TPSA) is 64.9 Å². The van der Waals surface area contributed by atoms with Crippen LogP contribution in [0, 0.1) is 18.6 Å². The third kappa shape index (κ3) is 2.47. The Labute approximate surface area is 119 Å². The molecule has 0 amide bonds. The quantitative estimate of drug-likeness (QED) is 0.732. The van der Waals surface area contributed by atoms with E-state index in [1.807, 2.05) is 19.1 Å². The molecule has 3 rings (SSSR count). The van der Waals surface area contributed by atoms with Crippen LogP contribution in [-0.2, 0) is 0 Å². The van der Waals surface area contributed by atoms with Gasteiger partial charge in [0.05, 0.1) is 5.56 Å². The molecule has 0 spiro atoms. The van der Waals surface area contributed by atoms with Crippen LogP contribution >= 0.6 is 0 Å². The second-order valence-corrected chi connectivity index (χ2v) is 4.64. The van der Waals surface area contributed by atoms with Gasteiger partial charge in [0.2, 0.25) is 5.82 Å². The minimum absolute atomic E-state index is 0.171. The van der Waals surface area contributed by atoms with E-state index in [1.165, 1.54) is 6.07 Å². The molecule has 106 valence electrons. The van der Waals surface area contributed by atoms with Crippen molar-refractivity contribution in [3.05, 3.63) is 53.6 Å². The molecule has 4 nitrogen and oxygen atoms in total. The summed E-state index contributed by atoms with van der Waals surface area (Å²) in [5.41, 5.74) is 8.31. The van der Waals surface area contributed by atoms with E-state index in [1.54, 1.807) is 6.07 Å². The lowest BCUT2D eigenvalue weighted by molar-refractivity contribution is 0.432. The molecule has 0 aliphatic heterocycles. The van der Waals surface area contributed by atoms with Gasteiger partial charge < -0.3 is 10.3 Å². The monoisotopic (exact) mass is 287 g/mol. The highest BCUT2D eigenvalue weighted by atomic mass is 19.2. The van der Waals surface area contributed by atoms with Crippen LogP contribution in [0.5, 0.6) is 0 Å². The normalized spacial score (nSPS) is 10.8. The summed E-state index contributed by atoms with van der Waals surface area (Å²) in [5, 5.41) is 3.77. The lowest BCUT2D eigenvalue weighted by Crippen LogP contribution is -1.91. The average Bonchev–Trinajstić information content (AvgIpc) is 2.94. The first-order chi connectivity index (χ1) is 10.0. The summed E-state index contributed by atoms with van der Waals surface area (Å²) in [6.07, 6.45) is 0. The SMILES string of the molecule is Cc1ccc(N)c(-c2nc(-c3ccc(F)c(F)c3)no2)c1. The maximum Gasteiger partial charge on any atom is 0.260 e. The summed E-state index contributed by atoms with van der Waals surface area (Å²) in [7, 11) is 0. The van der Waals surface area contributed by atoms with Crippen LogP contribution in [0.3, 0.4) is 0 Å². The van der Waals surface area contributed by atoms with E-state index in [-0.39, 0.29) is 11.7 Å². The van der Waals surface area contributed by atoms with E-state index in [9.17, 15) is 8.78 Å². The molecule has 0 unspecified atom stereocenters. The standard InChI is InChI=1S/C15H11F2N3O/c1-8-2-5-13(18)10(6-8)15-19-14(20-21-15)9-3-4-11(16)12(17)7-9/h2-7H,18H2,1H3. The summed E-state index contributed by atoms with van der Waals surface area (Å²) < 4.78 is 31.3. The minimum atomic E-state index is -0.964. The van der Waals surface area contributed by atoms with Gasteiger partial charge in [-0.25, -0.2) is 8.78 Å². The number of nitrogen functional groups attached to an aromatic ring is 1. The number of hydrogen-bond acceptors (Lipinski definition) is 4. The summed E-state index contributed by atoms with van der Waals surface area (Å²) in [5.74, 6) is -1.49. The number of hydrogen-bond donors (Lipinski definition) is 1. The number of benzene rings is 2. The van der Waals surface area contributed by atoms with E-state index in [2.05, 4.69) is 10.1 Å². The molecular formula is C15H11F2N3O. The van der Waals surface area contributed by atoms with Crippen molar-refractivity contribution < 1.29 is 13.3 Å². The molecular weight excluding hydrogens is 276 g/mol. The highest BCUT2D eigenvalue weighted by Gasteiger charge is 2.14. The number of aromatic nitrogens is 2. The fourth-order valence-corrected chi connectivity index (χ4v) is 1.94. The van der Waals surface area contributed by atoms with Gasteiger partial charge in [0, 0.05) is 11.3 Å². The third-order valence-electron chi connectivity index (χ3n) is 3.04. The van der Waals surface area contributed by atoms with E-state index in [4.69, 9.17) is 10.3 Å². The average molecular weight is 287 g/mol. The van der Waals surface area contributed by atoms with Crippen molar-refractivity contribution in [2.45, 2.75) is 6.92 Å². The van der Waals surface area contributed by atoms with Crippen LogP contribution in [-0.4, -0.2) is 10.1 Å². The molecule has 1 heterocycles. The number of nitrogens with two attached hydrogens (primary N) is 1. The Morgan fingerprint density at radius 1 is 1.05 bits per heavy atom. The summed E-state index contributed by atoms with van der Waals surface area (Å²) in [6.45, 7) is 1.91. The zero-order chi connectivity index (χ0) is 15.0. The van der Waals surface area contributed by atoms with Gasteiger partial charge >= 0.3 is 0 Å². The summed E-state index contributed by atoms with van der Waals surface area (Å²) in [6, 6.07) is 8.84. The Bertz CT molecular complexity index is 814. The van der Waals surface area contributed by atoms with Gasteiger partial charge in [0.15, 0.2) is 11.6 Å². The highest BCUT2D eigenvalue weighted by molar-refractivity contribution is 5.72. The van der Waals surface area contributed by atoms with Crippen LogP contribution < -0.4 is 5.73 Å². The van der Waals surface area contributed by atoms with Gasteiger partial charge in [-0.15, -0.1) is 0 Å². The third-order valence-corrected chi connectivity index (χ3v) is 3.04. The first kappa shape index (κ1) is 13.2. The van der Waals surface area contributed by atoms with E-state index < -0.39 is 11.6 Å². The maximum absolute atomic E-state index is 13.2. The predicted octanol–water partition coefficient (Wildman–Crippen LogP) is 3.57. The first-order valence-corrected chi connectivity index (χ1v) is 6.20. The maximum atomic E-state index is 13.2. The number of halogens is 2. The molecule has 0 aliphatic rings. The zero-order valence-electron chi connectivity index (χ0n) is 11.1. The Kier molecular flexibility index (Phi) is 3.13. The Morgan fingerprint density at radius 2 is 1.86 bits per heavy atom. The minimum Gasteiger partial charge on any atom is -0.398 e. The molecule has 0 bridgehead atoms. The van der Waals surface area contributed by atoms with E-state index >= 15 is 0 Å². The lowest BCUT2D eigenvalue weighted by Gasteiger charge is -2.01. The number of aryl methyl sites for hydroxylation is 1. The Hall–Kier alpha value is -2.76. The van der Waals surface area contributed by atoms with E-state index in [0.29, 0.717) is 16.8 Å². The molecule has 0 fully saturated rings. The second kappa shape index (κ2) is 4.97. The van der Waals surface area contributed by atoms with Crippen molar-refractivity contribution in [2.24, 2.45) is 0 Å². The molecule has 0 saturated carbocycles. The molecule has 0 aliphatic carbocycles. The van der Waals surface area contributed by atoms with Crippen molar-refractivity contribution >= 4 is 5.69 Å². The van der Waals surface area contributed by atoms with Crippen LogP contribution in [0.25, 0.3) is 22.8 Å². The van der Waals surface area contributed by atoms with Crippen LogP contribution in [0.1, 0.15) is 5.56 Å². The molecule has 2 aromatic carbocycles. The zero-order valence-corrected chi connectivity index (χ0v) is 11.1. The molecule has 1 aromatic heterocycles. The Balaban J connectivity index is 2.03. The van der Waals surface area contributed by atoms with Crippen LogP contribution in [0.4, 0.5) is 14.5 Å². The van der Waals surface area contributed by atoms with Crippen molar-refractivity contribution in [1.82, 2.24) is 10.1 Å². The van der Waals surface area contributed by atoms with Crippen molar-refractivity contribution in [3.63, 3.8) is 0 Å². The van der Waals surface area contributed by atoms with Crippen molar-refractivity contribution in [1.29, 1.82) is 0 Å². The molecule has 6 heteroatoms. The summed E-state index contributed by atoms with van der Waals surface area (Å²) >= 11 is 0. The van der Waals surface area contributed by atoms with Crippen molar-refractivity contribution in [3.8, 4) is 22.8 Å². The fraction of sp³-hybridized carbons (Fsp3) is 0.0667.